The number of rotatable bonds is 2. The third kappa shape index (κ3) is 1.58. The molecule has 0 saturated carbocycles. The van der Waals surface area contributed by atoms with Crippen LogP contribution < -0.4 is 0 Å². The van der Waals surface area contributed by atoms with Crippen LogP contribution in [0.2, 0.25) is 0 Å². The number of tetrazole rings is 1. The van der Waals surface area contributed by atoms with Gasteiger partial charge in [-0.05, 0) is 12.8 Å². The first-order valence-corrected chi connectivity index (χ1v) is 4.37. The van der Waals surface area contributed by atoms with Gasteiger partial charge < -0.3 is 9.84 Å². The zero-order chi connectivity index (χ0) is 9.97. The number of aromatic nitrogens is 4. The fourth-order valence-electron chi connectivity index (χ4n) is 1.58. The molecule has 1 aromatic heterocycles. The molecule has 14 heavy (non-hydrogen) atoms. The van der Waals surface area contributed by atoms with Crippen molar-refractivity contribution >= 4 is 5.97 Å². The zero-order valence-corrected chi connectivity index (χ0v) is 7.38. The Hall–Kier alpha value is -1.50. The van der Waals surface area contributed by atoms with Crippen molar-refractivity contribution in [1.82, 2.24) is 20.6 Å². The molecule has 2 heterocycles. The molecular formula is C7H10N4O3. The highest BCUT2D eigenvalue weighted by Crippen LogP contribution is 2.31. The van der Waals surface area contributed by atoms with Gasteiger partial charge in [-0.1, -0.05) is 5.21 Å². The van der Waals surface area contributed by atoms with E-state index >= 15 is 0 Å². The van der Waals surface area contributed by atoms with Gasteiger partial charge in [0.25, 0.3) is 0 Å². The molecule has 0 radical (unpaired) electrons. The normalized spacial score (nSPS) is 27.4. The van der Waals surface area contributed by atoms with Crippen LogP contribution in [0, 0.1) is 5.92 Å². The number of carboxylic acid groups (broad SMARTS) is 1. The molecule has 0 bridgehead atoms. The third-order valence-corrected chi connectivity index (χ3v) is 2.26. The lowest BCUT2D eigenvalue weighted by atomic mass is 9.94. The number of aromatic amines is 1. The topological polar surface area (TPSA) is 101 Å². The molecule has 0 amide bonds. The second-order valence-corrected chi connectivity index (χ2v) is 3.15. The van der Waals surface area contributed by atoms with E-state index in [-0.39, 0.29) is 0 Å². The quantitative estimate of drug-likeness (QED) is 0.679. The predicted molar refractivity (Wildman–Crippen MR) is 43.2 cm³/mol. The van der Waals surface area contributed by atoms with E-state index in [1.165, 1.54) is 0 Å². The van der Waals surface area contributed by atoms with Crippen LogP contribution in [-0.2, 0) is 9.53 Å². The van der Waals surface area contributed by atoms with Crippen LogP contribution in [0.4, 0.5) is 0 Å². The number of ether oxygens (including phenoxy) is 1. The average molecular weight is 198 g/mol. The molecule has 2 rings (SSSR count). The largest absolute Gasteiger partial charge is 0.481 e. The first kappa shape index (κ1) is 9.07. The summed E-state index contributed by atoms with van der Waals surface area (Å²) in [6.45, 7) is 0.545. The van der Waals surface area contributed by atoms with Gasteiger partial charge >= 0.3 is 5.97 Å². The number of hydrogen-bond acceptors (Lipinski definition) is 5. The smallest absolute Gasteiger partial charge is 0.309 e. The number of hydrogen-bond donors (Lipinski definition) is 2. The van der Waals surface area contributed by atoms with E-state index in [0.29, 0.717) is 18.9 Å². The highest BCUT2D eigenvalue weighted by atomic mass is 16.5. The van der Waals surface area contributed by atoms with Crippen molar-refractivity contribution in [3.8, 4) is 0 Å². The molecule has 1 aromatic rings. The molecule has 0 aromatic carbocycles. The van der Waals surface area contributed by atoms with Gasteiger partial charge in [0.05, 0.1) is 5.92 Å². The van der Waals surface area contributed by atoms with E-state index in [0.717, 1.165) is 6.42 Å². The highest BCUT2D eigenvalue weighted by molar-refractivity contribution is 5.70. The van der Waals surface area contributed by atoms with Gasteiger partial charge in [-0.25, -0.2) is 0 Å². The van der Waals surface area contributed by atoms with Gasteiger partial charge in [-0.3, -0.25) is 4.79 Å². The number of carbonyl (C=O) groups is 1. The maximum atomic E-state index is 10.9. The van der Waals surface area contributed by atoms with Crippen LogP contribution in [0.25, 0.3) is 0 Å². The Morgan fingerprint density at radius 2 is 2.50 bits per heavy atom. The van der Waals surface area contributed by atoms with Gasteiger partial charge in [0.15, 0.2) is 0 Å². The average Bonchev–Trinajstić information content (AvgIpc) is 2.70. The summed E-state index contributed by atoms with van der Waals surface area (Å²) >= 11 is 0. The summed E-state index contributed by atoms with van der Waals surface area (Å²) in [6, 6.07) is 0. The summed E-state index contributed by atoms with van der Waals surface area (Å²) < 4.78 is 5.33. The summed E-state index contributed by atoms with van der Waals surface area (Å²) in [4.78, 5) is 10.9. The van der Waals surface area contributed by atoms with Crippen LogP contribution in [0.15, 0.2) is 0 Å². The molecule has 0 spiro atoms. The summed E-state index contributed by atoms with van der Waals surface area (Å²) in [5.41, 5.74) is 0. The van der Waals surface area contributed by atoms with Gasteiger partial charge in [0.1, 0.15) is 6.10 Å². The number of carboxylic acids is 1. The Bertz CT molecular complexity index is 313. The van der Waals surface area contributed by atoms with Crippen molar-refractivity contribution < 1.29 is 14.6 Å². The molecular weight excluding hydrogens is 188 g/mol. The number of H-pyrrole nitrogens is 1. The van der Waals surface area contributed by atoms with Crippen molar-refractivity contribution in [2.24, 2.45) is 5.92 Å². The van der Waals surface area contributed by atoms with Crippen molar-refractivity contribution in [2.45, 2.75) is 18.9 Å². The van der Waals surface area contributed by atoms with Crippen LogP contribution in [0.5, 0.6) is 0 Å². The number of nitrogens with one attached hydrogen (secondary N) is 1. The highest BCUT2D eigenvalue weighted by Gasteiger charge is 2.35. The van der Waals surface area contributed by atoms with Crippen LogP contribution in [-0.4, -0.2) is 38.3 Å². The first-order chi connectivity index (χ1) is 6.79. The van der Waals surface area contributed by atoms with E-state index in [4.69, 9.17) is 9.84 Å². The molecule has 1 aliphatic heterocycles. The minimum atomic E-state index is -0.875. The van der Waals surface area contributed by atoms with E-state index in [9.17, 15) is 4.79 Å². The molecule has 0 unspecified atom stereocenters. The second-order valence-electron chi connectivity index (χ2n) is 3.15. The van der Waals surface area contributed by atoms with Crippen LogP contribution in [0.1, 0.15) is 24.8 Å². The van der Waals surface area contributed by atoms with Gasteiger partial charge in [0.2, 0.25) is 5.82 Å². The summed E-state index contributed by atoms with van der Waals surface area (Å²) in [7, 11) is 0. The van der Waals surface area contributed by atoms with Crippen LogP contribution >= 0.6 is 0 Å². The lowest BCUT2D eigenvalue weighted by molar-refractivity contribution is -0.152. The lowest BCUT2D eigenvalue weighted by Gasteiger charge is -2.26. The fourth-order valence-corrected chi connectivity index (χ4v) is 1.58. The SMILES string of the molecule is O=C(O)[C@@H]1CCCO[C@H]1c1nn[nH]n1. The molecule has 1 aliphatic rings. The monoisotopic (exact) mass is 198 g/mol. The summed E-state index contributed by atoms with van der Waals surface area (Å²) in [5, 5.41) is 22.1. The Balaban J connectivity index is 2.18. The fraction of sp³-hybridized carbons (Fsp3) is 0.714. The van der Waals surface area contributed by atoms with Crippen molar-refractivity contribution in [2.75, 3.05) is 6.61 Å². The van der Waals surface area contributed by atoms with E-state index in [2.05, 4.69) is 20.6 Å². The molecule has 1 saturated heterocycles. The van der Waals surface area contributed by atoms with E-state index in [1.807, 2.05) is 0 Å². The van der Waals surface area contributed by atoms with Gasteiger partial charge in [-0.15, -0.1) is 10.2 Å². The zero-order valence-electron chi connectivity index (χ0n) is 7.38. The number of nitrogens with zero attached hydrogens (tertiary/aromatic N) is 3. The maximum Gasteiger partial charge on any atom is 0.309 e. The molecule has 76 valence electrons. The Morgan fingerprint density at radius 3 is 3.14 bits per heavy atom. The predicted octanol–water partition coefficient (Wildman–Crippen LogP) is -0.248. The standard InChI is InChI=1S/C7H10N4O3/c12-7(13)4-2-1-3-14-5(4)6-8-10-11-9-6/h4-5H,1-3H2,(H,12,13)(H,8,9,10,11)/t4-,5-/m1/s1. The second kappa shape index (κ2) is 3.70. The van der Waals surface area contributed by atoms with Crippen molar-refractivity contribution in [3.05, 3.63) is 5.82 Å². The molecule has 2 atom stereocenters. The molecule has 2 N–H and O–H groups in total. The van der Waals surface area contributed by atoms with Gasteiger partial charge in [-0.2, -0.15) is 5.21 Å². The van der Waals surface area contributed by atoms with E-state index < -0.39 is 18.0 Å². The van der Waals surface area contributed by atoms with Crippen LogP contribution in [0.3, 0.4) is 0 Å². The minimum absolute atomic E-state index is 0.317. The molecule has 0 aliphatic carbocycles. The molecule has 7 nitrogen and oxygen atoms in total. The summed E-state index contributed by atoms with van der Waals surface area (Å²) in [6.07, 6.45) is 0.778. The summed E-state index contributed by atoms with van der Waals surface area (Å²) in [5.74, 6) is -1.13. The Kier molecular flexibility index (Phi) is 2.40. The number of aliphatic carboxylic acids is 1. The molecule has 1 fully saturated rings. The molecule has 7 heteroatoms. The lowest BCUT2D eigenvalue weighted by Crippen LogP contribution is -2.29. The van der Waals surface area contributed by atoms with E-state index in [1.54, 1.807) is 0 Å². The Morgan fingerprint density at radius 1 is 1.64 bits per heavy atom. The third-order valence-electron chi connectivity index (χ3n) is 2.26. The minimum Gasteiger partial charge on any atom is -0.481 e. The Labute approximate surface area is 79.5 Å². The van der Waals surface area contributed by atoms with Crippen molar-refractivity contribution in [1.29, 1.82) is 0 Å². The van der Waals surface area contributed by atoms with Crippen molar-refractivity contribution in [3.63, 3.8) is 0 Å². The maximum absolute atomic E-state index is 10.9. The first-order valence-electron chi connectivity index (χ1n) is 4.37. The van der Waals surface area contributed by atoms with Gasteiger partial charge in [0, 0.05) is 6.61 Å².